The summed E-state index contributed by atoms with van der Waals surface area (Å²) in [6.45, 7) is 0.407. The lowest BCUT2D eigenvalue weighted by Crippen LogP contribution is -2.28. The highest BCUT2D eigenvalue weighted by Crippen LogP contribution is 2.25. The summed E-state index contributed by atoms with van der Waals surface area (Å²) in [5.74, 6) is 1.21. The first-order valence-corrected chi connectivity index (χ1v) is 7.01. The van der Waals surface area contributed by atoms with Gasteiger partial charge in [-0.25, -0.2) is 4.79 Å². The number of ether oxygens (including phenoxy) is 2. The summed E-state index contributed by atoms with van der Waals surface area (Å²) >= 11 is 5.82. The quantitative estimate of drug-likeness (QED) is 0.883. The lowest BCUT2D eigenvalue weighted by molar-refractivity contribution is 0.251. The smallest absolute Gasteiger partial charge is 0.319 e. The van der Waals surface area contributed by atoms with Crippen molar-refractivity contribution in [2.24, 2.45) is 0 Å². The van der Waals surface area contributed by atoms with Crippen LogP contribution >= 0.6 is 11.6 Å². The van der Waals surface area contributed by atoms with E-state index in [-0.39, 0.29) is 6.03 Å². The molecule has 2 rings (SSSR count). The second-order valence-corrected chi connectivity index (χ2v) is 4.97. The molecule has 0 heterocycles. The Labute approximate surface area is 134 Å². The molecule has 0 aliphatic heterocycles. The van der Waals surface area contributed by atoms with E-state index in [4.69, 9.17) is 21.1 Å². The van der Waals surface area contributed by atoms with E-state index in [1.54, 1.807) is 44.6 Å². The van der Waals surface area contributed by atoms with Crippen molar-refractivity contribution < 1.29 is 14.3 Å². The van der Waals surface area contributed by atoms with Crippen LogP contribution in [0.4, 0.5) is 10.5 Å². The van der Waals surface area contributed by atoms with Crippen LogP contribution in [0.2, 0.25) is 5.02 Å². The third-order valence-electron chi connectivity index (χ3n) is 2.98. The Morgan fingerprint density at radius 2 is 1.64 bits per heavy atom. The number of carbonyl (C=O) groups excluding carboxylic acids is 1. The van der Waals surface area contributed by atoms with Crippen molar-refractivity contribution >= 4 is 23.3 Å². The van der Waals surface area contributed by atoms with Crippen molar-refractivity contribution in [1.29, 1.82) is 0 Å². The molecule has 2 N–H and O–H groups in total. The highest BCUT2D eigenvalue weighted by atomic mass is 35.5. The zero-order valence-electron chi connectivity index (χ0n) is 12.4. The number of nitrogens with one attached hydrogen (secondary N) is 2. The van der Waals surface area contributed by atoms with Crippen molar-refractivity contribution in [3.8, 4) is 11.5 Å². The summed E-state index contributed by atoms with van der Waals surface area (Å²) < 4.78 is 10.3. The van der Waals surface area contributed by atoms with Crippen LogP contribution in [-0.2, 0) is 6.54 Å². The normalized spacial score (nSPS) is 9.95. The SMILES string of the molecule is COc1cc(NC(=O)NCc2ccc(Cl)cc2)cc(OC)c1. The molecule has 0 aliphatic rings. The summed E-state index contributed by atoms with van der Waals surface area (Å²) in [4.78, 5) is 11.9. The number of carbonyl (C=O) groups is 1. The van der Waals surface area contributed by atoms with Gasteiger partial charge < -0.3 is 20.1 Å². The average Bonchev–Trinajstić information content (AvgIpc) is 2.54. The van der Waals surface area contributed by atoms with Gasteiger partial charge in [-0.05, 0) is 17.7 Å². The van der Waals surface area contributed by atoms with Crippen LogP contribution < -0.4 is 20.1 Å². The molecular weight excluding hydrogens is 304 g/mol. The van der Waals surface area contributed by atoms with Crippen molar-refractivity contribution in [2.75, 3.05) is 19.5 Å². The van der Waals surface area contributed by atoms with E-state index in [0.29, 0.717) is 28.8 Å². The second kappa shape index (κ2) is 7.56. The van der Waals surface area contributed by atoms with E-state index in [1.165, 1.54) is 0 Å². The number of hydrogen-bond acceptors (Lipinski definition) is 3. The summed E-state index contributed by atoms with van der Waals surface area (Å²) in [5, 5.41) is 6.17. The van der Waals surface area contributed by atoms with Gasteiger partial charge in [0.15, 0.2) is 0 Å². The molecule has 0 saturated carbocycles. The molecule has 0 bridgehead atoms. The Bertz CT molecular complexity index is 622. The summed E-state index contributed by atoms with van der Waals surface area (Å²) in [5.41, 5.74) is 1.55. The third-order valence-corrected chi connectivity index (χ3v) is 3.23. The predicted octanol–water partition coefficient (Wildman–Crippen LogP) is 3.68. The van der Waals surface area contributed by atoms with Gasteiger partial charge in [-0.1, -0.05) is 23.7 Å². The molecule has 0 atom stereocenters. The van der Waals surface area contributed by atoms with Crippen LogP contribution in [0.15, 0.2) is 42.5 Å². The van der Waals surface area contributed by atoms with E-state index >= 15 is 0 Å². The molecule has 0 saturated heterocycles. The molecule has 0 unspecified atom stereocenters. The number of benzene rings is 2. The number of methoxy groups -OCH3 is 2. The first-order chi connectivity index (χ1) is 10.6. The number of anilines is 1. The van der Waals surface area contributed by atoms with Gasteiger partial charge in [0.2, 0.25) is 0 Å². The van der Waals surface area contributed by atoms with Gasteiger partial charge in [-0.15, -0.1) is 0 Å². The zero-order valence-corrected chi connectivity index (χ0v) is 13.1. The third kappa shape index (κ3) is 4.56. The van der Waals surface area contributed by atoms with Gasteiger partial charge >= 0.3 is 6.03 Å². The molecule has 0 aromatic heterocycles. The summed E-state index contributed by atoms with van der Waals surface area (Å²) in [6.07, 6.45) is 0. The number of hydrogen-bond donors (Lipinski definition) is 2. The first-order valence-electron chi connectivity index (χ1n) is 6.63. The van der Waals surface area contributed by atoms with E-state index in [0.717, 1.165) is 5.56 Å². The Balaban J connectivity index is 1.95. The number of rotatable bonds is 5. The molecule has 0 radical (unpaired) electrons. The molecule has 22 heavy (non-hydrogen) atoms. The lowest BCUT2D eigenvalue weighted by Gasteiger charge is -2.11. The van der Waals surface area contributed by atoms with Crippen LogP contribution in [0.3, 0.4) is 0 Å². The molecular formula is C16H17ClN2O3. The maximum atomic E-state index is 11.9. The molecule has 2 amide bonds. The molecule has 2 aromatic carbocycles. The van der Waals surface area contributed by atoms with Crippen molar-refractivity contribution in [1.82, 2.24) is 5.32 Å². The molecule has 0 spiro atoms. The first kappa shape index (κ1) is 16.0. The van der Waals surface area contributed by atoms with Crippen molar-refractivity contribution in [3.63, 3.8) is 0 Å². The minimum Gasteiger partial charge on any atom is -0.497 e. The Hall–Kier alpha value is -2.40. The maximum absolute atomic E-state index is 11.9. The van der Waals surface area contributed by atoms with Crippen molar-refractivity contribution in [3.05, 3.63) is 53.1 Å². The Morgan fingerprint density at radius 1 is 1.05 bits per heavy atom. The molecule has 5 nitrogen and oxygen atoms in total. The monoisotopic (exact) mass is 320 g/mol. The van der Waals surface area contributed by atoms with E-state index in [1.807, 2.05) is 12.1 Å². The average molecular weight is 321 g/mol. The fourth-order valence-corrected chi connectivity index (χ4v) is 1.97. The van der Waals surface area contributed by atoms with Crippen molar-refractivity contribution in [2.45, 2.75) is 6.54 Å². The van der Waals surface area contributed by atoms with Gasteiger partial charge in [-0.2, -0.15) is 0 Å². The number of halogens is 1. The molecule has 6 heteroatoms. The largest absolute Gasteiger partial charge is 0.497 e. The predicted molar refractivity (Wildman–Crippen MR) is 86.9 cm³/mol. The fraction of sp³-hybridized carbons (Fsp3) is 0.188. The second-order valence-electron chi connectivity index (χ2n) is 4.54. The maximum Gasteiger partial charge on any atom is 0.319 e. The number of amides is 2. The Kier molecular flexibility index (Phi) is 5.49. The van der Waals surface area contributed by atoms with Gasteiger partial charge in [-0.3, -0.25) is 0 Å². The van der Waals surface area contributed by atoms with E-state index in [2.05, 4.69) is 10.6 Å². The number of urea groups is 1. The van der Waals surface area contributed by atoms with Crippen LogP contribution in [-0.4, -0.2) is 20.3 Å². The molecule has 0 fully saturated rings. The van der Waals surface area contributed by atoms with Crippen LogP contribution in [0, 0.1) is 0 Å². The Morgan fingerprint density at radius 3 is 2.18 bits per heavy atom. The lowest BCUT2D eigenvalue weighted by atomic mass is 10.2. The fourth-order valence-electron chi connectivity index (χ4n) is 1.84. The van der Waals surface area contributed by atoms with Gasteiger partial charge in [0, 0.05) is 35.5 Å². The molecule has 0 aliphatic carbocycles. The topological polar surface area (TPSA) is 59.6 Å². The van der Waals surface area contributed by atoms with Gasteiger partial charge in [0.1, 0.15) is 11.5 Å². The van der Waals surface area contributed by atoms with Crippen LogP contribution in [0.1, 0.15) is 5.56 Å². The van der Waals surface area contributed by atoms with Gasteiger partial charge in [0.05, 0.1) is 14.2 Å². The van der Waals surface area contributed by atoms with E-state index in [9.17, 15) is 4.79 Å². The standard InChI is InChI=1S/C16H17ClN2O3/c1-21-14-7-13(8-15(9-14)22-2)19-16(20)18-10-11-3-5-12(17)6-4-11/h3-9H,10H2,1-2H3,(H2,18,19,20). The summed E-state index contributed by atoms with van der Waals surface area (Å²) in [7, 11) is 3.11. The highest BCUT2D eigenvalue weighted by molar-refractivity contribution is 6.30. The summed E-state index contributed by atoms with van der Waals surface area (Å²) in [6, 6.07) is 12.1. The van der Waals surface area contributed by atoms with Gasteiger partial charge in [0.25, 0.3) is 0 Å². The van der Waals surface area contributed by atoms with Crippen LogP contribution in [0.25, 0.3) is 0 Å². The molecule has 2 aromatic rings. The van der Waals surface area contributed by atoms with Crippen LogP contribution in [0.5, 0.6) is 11.5 Å². The van der Waals surface area contributed by atoms with E-state index < -0.39 is 0 Å². The molecule has 116 valence electrons. The zero-order chi connectivity index (χ0) is 15.9. The minimum atomic E-state index is -0.315. The minimum absolute atomic E-state index is 0.315. The highest BCUT2D eigenvalue weighted by Gasteiger charge is 2.06.